The minimum absolute atomic E-state index is 0.109. The normalized spacial score (nSPS) is 11.5. The Bertz CT molecular complexity index is 1200. The van der Waals surface area contributed by atoms with Gasteiger partial charge in [0.15, 0.2) is 16.3 Å². The first-order chi connectivity index (χ1) is 13.5. The predicted molar refractivity (Wildman–Crippen MR) is 101 cm³/mol. The van der Waals surface area contributed by atoms with Crippen LogP contribution in [0.2, 0.25) is 5.15 Å². The van der Waals surface area contributed by atoms with Crippen LogP contribution in [0.3, 0.4) is 0 Å². The zero-order chi connectivity index (χ0) is 19.7. The Hall–Kier alpha value is -3.37. The van der Waals surface area contributed by atoms with E-state index in [0.29, 0.717) is 5.56 Å². The first-order valence-corrected chi connectivity index (χ1v) is 8.63. The molecule has 0 unspecified atom stereocenters. The van der Waals surface area contributed by atoms with E-state index < -0.39 is 11.7 Å². The van der Waals surface area contributed by atoms with E-state index in [1.54, 1.807) is 12.1 Å². The average Bonchev–Trinajstić information content (AvgIpc) is 3.12. The summed E-state index contributed by atoms with van der Waals surface area (Å²) < 4.78 is 31.2. The molecule has 0 N–H and O–H groups in total. The quantitative estimate of drug-likeness (QED) is 0.386. The molecule has 0 spiro atoms. The number of hydrogen-bond donors (Lipinski definition) is 0. The molecule has 28 heavy (non-hydrogen) atoms. The number of aromatic nitrogens is 5. The van der Waals surface area contributed by atoms with Gasteiger partial charge in [-0.3, -0.25) is 0 Å². The van der Waals surface area contributed by atoms with Crippen molar-refractivity contribution in [1.29, 1.82) is 0 Å². The van der Waals surface area contributed by atoms with Gasteiger partial charge in [0, 0.05) is 11.1 Å². The van der Waals surface area contributed by atoms with Crippen LogP contribution in [0.15, 0.2) is 54.6 Å². The molecule has 0 aliphatic rings. The smallest absolute Gasteiger partial charge is 0.222 e. The van der Waals surface area contributed by atoms with Crippen LogP contribution in [-0.2, 0) is 12.5 Å². The molecule has 2 aromatic heterocycles. The third kappa shape index (κ3) is 3.08. The number of terminal acetylenes is 1. The van der Waals surface area contributed by atoms with Gasteiger partial charge in [0.25, 0.3) is 0 Å². The monoisotopic (exact) mass is 395 g/mol. The fourth-order valence-corrected chi connectivity index (χ4v) is 3.01. The Balaban J connectivity index is 1.82. The molecule has 8 heteroatoms. The average molecular weight is 396 g/mol. The maximum absolute atomic E-state index is 14.9. The summed E-state index contributed by atoms with van der Waals surface area (Å²) >= 11 is 6.10. The molecule has 4 aromatic rings. The molecule has 0 atom stereocenters. The highest BCUT2D eigenvalue weighted by Gasteiger charge is 2.38. The van der Waals surface area contributed by atoms with Gasteiger partial charge >= 0.3 is 5.92 Å². The molecular weight excluding hydrogens is 384 g/mol. The Morgan fingerprint density at radius 1 is 1.04 bits per heavy atom. The second-order valence-corrected chi connectivity index (χ2v) is 6.36. The highest BCUT2D eigenvalue weighted by molar-refractivity contribution is 6.33. The largest absolute Gasteiger partial charge is 0.331 e. The molecule has 0 saturated carbocycles. The van der Waals surface area contributed by atoms with Crippen molar-refractivity contribution in [1.82, 2.24) is 25.0 Å². The van der Waals surface area contributed by atoms with E-state index in [1.807, 2.05) is 18.2 Å². The maximum atomic E-state index is 14.9. The lowest BCUT2D eigenvalue weighted by Crippen LogP contribution is -2.20. The van der Waals surface area contributed by atoms with E-state index in [-0.39, 0.29) is 28.4 Å². The molecule has 0 aliphatic carbocycles. The molecule has 4 rings (SSSR count). The van der Waals surface area contributed by atoms with Gasteiger partial charge in [0.1, 0.15) is 0 Å². The molecule has 0 bridgehead atoms. The molecule has 138 valence electrons. The number of fused-ring (bicyclic) bond motifs is 1. The van der Waals surface area contributed by atoms with Gasteiger partial charge in [-0.25, -0.2) is 14.6 Å². The zero-order valence-electron chi connectivity index (χ0n) is 14.4. The van der Waals surface area contributed by atoms with Crippen LogP contribution in [0.4, 0.5) is 8.78 Å². The number of hydrogen-bond acceptors (Lipinski definition) is 4. The third-order valence-electron chi connectivity index (χ3n) is 4.23. The van der Waals surface area contributed by atoms with Gasteiger partial charge in [0.05, 0.1) is 6.54 Å². The van der Waals surface area contributed by atoms with Gasteiger partial charge in [-0.05, 0) is 11.6 Å². The van der Waals surface area contributed by atoms with Gasteiger partial charge in [-0.1, -0.05) is 71.3 Å². The van der Waals surface area contributed by atoms with Crippen molar-refractivity contribution in [3.63, 3.8) is 0 Å². The zero-order valence-corrected chi connectivity index (χ0v) is 15.1. The Morgan fingerprint density at radius 2 is 1.75 bits per heavy atom. The number of benzene rings is 2. The molecule has 5 nitrogen and oxygen atoms in total. The van der Waals surface area contributed by atoms with E-state index >= 15 is 0 Å². The Morgan fingerprint density at radius 3 is 2.50 bits per heavy atom. The van der Waals surface area contributed by atoms with E-state index in [0.717, 1.165) is 5.56 Å². The first kappa shape index (κ1) is 18.0. The topological polar surface area (TPSA) is 56.5 Å². The lowest BCUT2D eigenvalue weighted by Gasteiger charge is -2.15. The van der Waals surface area contributed by atoms with Gasteiger partial charge in [-0.2, -0.15) is 8.78 Å². The summed E-state index contributed by atoms with van der Waals surface area (Å²) in [6, 6.07) is 14.6. The number of rotatable bonds is 4. The molecule has 0 aliphatic heterocycles. The second-order valence-electron chi connectivity index (χ2n) is 6.00. The van der Waals surface area contributed by atoms with Crippen molar-refractivity contribution >= 4 is 22.8 Å². The van der Waals surface area contributed by atoms with Crippen LogP contribution in [0.1, 0.15) is 22.5 Å². The highest BCUT2D eigenvalue weighted by Crippen LogP contribution is 2.35. The fraction of sp³-hybridized carbons (Fsp3) is 0.100. The summed E-state index contributed by atoms with van der Waals surface area (Å²) in [6.45, 7) is 0.209. The van der Waals surface area contributed by atoms with Crippen molar-refractivity contribution in [2.75, 3.05) is 0 Å². The van der Waals surface area contributed by atoms with Crippen molar-refractivity contribution in [3.8, 4) is 12.3 Å². The maximum Gasteiger partial charge on any atom is 0.331 e. The van der Waals surface area contributed by atoms with Crippen molar-refractivity contribution < 1.29 is 8.78 Å². The van der Waals surface area contributed by atoms with Crippen LogP contribution in [0.5, 0.6) is 0 Å². The third-order valence-corrected chi connectivity index (χ3v) is 4.49. The molecular formula is C20H12ClF2N5. The number of alkyl halides is 2. The van der Waals surface area contributed by atoms with Crippen LogP contribution >= 0.6 is 11.6 Å². The standard InChI is InChI=1S/C20H12ClF2N5/c1-2-13-8-6-7-9-14(13)12-28-18-16(26-27-28)17(21)24-19(25-18)20(22,23)15-10-4-3-5-11-15/h1,3-11H,12H2. The van der Waals surface area contributed by atoms with Gasteiger partial charge in [0.2, 0.25) is 5.82 Å². The summed E-state index contributed by atoms with van der Waals surface area (Å²) in [5.74, 6) is -1.56. The predicted octanol–water partition coefficient (Wildman–Crippen LogP) is 4.04. The Labute approximate surface area is 164 Å². The van der Waals surface area contributed by atoms with E-state index in [2.05, 4.69) is 26.2 Å². The second kappa shape index (κ2) is 6.98. The van der Waals surface area contributed by atoms with Crippen LogP contribution in [0.25, 0.3) is 11.2 Å². The number of nitrogens with zero attached hydrogens (tertiary/aromatic N) is 5. The molecule has 0 amide bonds. The summed E-state index contributed by atoms with van der Waals surface area (Å²) in [5, 5.41) is 7.73. The SMILES string of the molecule is C#Cc1ccccc1Cn1nnc2c(Cl)nc(C(F)(F)c3ccccc3)nc21. The van der Waals surface area contributed by atoms with Crippen LogP contribution < -0.4 is 0 Å². The van der Waals surface area contributed by atoms with Gasteiger partial charge < -0.3 is 0 Å². The van der Waals surface area contributed by atoms with Gasteiger partial charge in [-0.15, -0.1) is 11.5 Å². The molecule has 2 heterocycles. The molecule has 0 radical (unpaired) electrons. The van der Waals surface area contributed by atoms with Crippen LogP contribution in [0, 0.1) is 12.3 Å². The molecule has 0 saturated heterocycles. The summed E-state index contributed by atoms with van der Waals surface area (Å²) in [7, 11) is 0. The van der Waals surface area contributed by atoms with Crippen molar-refractivity contribution in [3.05, 3.63) is 82.3 Å². The van der Waals surface area contributed by atoms with E-state index in [4.69, 9.17) is 18.0 Å². The van der Waals surface area contributed by atoms with Crippen molar-refractivity contribution in [2.24, 2.45) is 0 Å². The highest BCUT2D eigenvalue weighted by atomic mass is 35.5. The molecule has 2 aromatic carbocycles. The summed E-state index contributed by atoms with van der Waals surface area (Å²) in [5.41, 5.74) is 1.47. The van der Waals surface area contributed by atoms with E-state index in [9.17, 15) is 8.78 Å². The van der Waals surface area contributed by atoms with Crippen LogP contribution in [-0.4, -0.2) is 25.0 Å². The minimum Gasteiger partial charge on any atom is -0.222 e. The lowest BCUT2D eigenvalue weighted by molar-refractivity contribution is 0.0331. The fourth-order valence-electron chi connectivity index (χ4n) is 2.81. The summed E-state index contributed by atoms with van der Waals surface area (Å²) in [4.78, 5) is 7.80. The summed E-state index contributed by atoms with van der Waals surface area (Å²) in [6.07, 6.45) is 5.52. The number of halogens is 3. The van der Waals surface area contributed by atoms with Crippen molar-refractivity contribution in [2.45, 2.75) is 12.5 Å². The first-order valence-electron chi connectivity index (χ1n) is 8.26. The molecule has 0 fully saturated rings. The Kier molecular flexibility index (Phi) is 4.49. The lowest BCUT2D eigenvalue weighted by atomic mass is 10.1. The minimum atomic E-state index is -3.43. The van der Waals surface area contributed by atoms with E-state index in [1.165, 1.54) is 28.9 Å².